The van der Waals surface area contributed by atoms with Gasteiger partial charge in [-0.3, -0.25) is 0 Å². The maximum atomic E-state index is 10.8. The smallest absolute Gasteiger partial charge is 0.347 e. The number of fused-ring (bicyclic) bond motifs is 1. The number of hydrogen-bond acceptors (Lipinski definition) is 6. The summed E-state index contributed by atoms with van der Waals surface area (Å²) in [5.74, 6) is 0.426. The van der Waals surface area contributed by atoms with Gasteiger partial charge in [0.25, 0.3) is 0 Å². The third kappa shape index (κ3) is 2.67. The van der Waals surface area contributed by atoms with E-state index in [-0.39, 0.29) is 4.88 Å². The molecule has 3 rings (SSSR count). The molecule has 6 nitrogen and oxygen atoms in total. The first-order chi connectivity index (χ1) is 9.72. The minimum absolute atomic E-state index is 0.196. The summed E-state index contributed by atoms with van der Waals surface area (Å²) in [6.07, 6.45) is 2.18. The first-order valence-corrected chi connectivity index (χ1v) is 6.90. The van der Waals surface area contributed by atoms with Gasteiger partial charge in [-0.2, -0.15) is 0 Å². The Balaban J connectivity index is 1.80. The quantitative estimate of drug-likeness (QED) is 0.905. The molecule has 1 aliphatic heterocycles. The molecule has 7 heteroatoms. The molecule has 0 saturated heterocycles. The van der Waals surface area contributed by atoms with Crippen LogP contribution in [0.1, 0.15) is 16.1 Å². The van der Waals surface area contributed by atoms with Gasteiger partial charge in [0.05, 0.1) is 19.4 Å². The summed E-state index contributed by atoms with van der Waals surface area (Å²) in [4.78, 5) is 15.0. The summed E-state index contributed by atoms with van der Waals surface area (Å²) in [6, 6.07) is 5.49. The van der Waals surface area contributed by atoms with Crippen LogP contribution in [0.5, 0.6) is 11.5 Å². The van der Waals surface area contributed by atoms with Crippen LogP contribution in [-0.2, 0) is 0 Å². The van der Waals surface area contributed by atoms with E-state index in [2.05, 4.69) is 10.3 Å². The molecule has 1 aromatic carbocycles. The van der Waals surface area contributed by atoms with Crippen LogP contribution in [0.4, 0.5) is 10.8 Å². The van der Waals surface area contributed by atoms with E-state index < -0.39 is 5.97 Å². The highest BCUT2D eigenvalue weighted by atomic mass is 32.1. The number of anilines is 2. The number of nitrogens with one attached hydrogen (secondary N) is 1. The number of hydrogen-bond donors (Lipinski definition) is 2. The molecule has 0 radical (unpaired) electrons. The molecule has 0 fully saturated rings. The van der Waals surface area contributed by atoms with Crippen LogP contribution in [0.2, 0.25) is 0 Å². The monoisotopic (exact) mass is 292 g/mol. The molecule has 104 valence electrons. The van der Waals surface area contributed by atoms with E-state index in [1.165, 1.54) is 6.20 Å². The SMILES string of the molecule is O=C(O)c1cnc(Nc2ccc3c(c2)OCCCO3)s1. The topological polar surface area (TPSA) is 80.7 Å². The van der Waals surface area contributed by atoms with Crippen molar-refractivity contribution in [1.29, 1.82) is 0 Å². The summed E-state index contributed by atoms with van der Waals surface area (Å²) in [5, 5.41) is 12.4. The molecular weight excluding hydrogens is 280 g/mol. The number of thiazole rings is 1. The number of ether oxygens (including phenoxy) is 2. The van der Waals surface area contributed by atoms with E-state index in [1.807, 2.05) is 18.2 Å². The first kappa shape index (κ1) is 12.7. The van der Waals surface area contributed by atoms with Crippen LogP contribution in [-0.4, -0.2) is 29.3 Å². The Labute approximate surface area is 119 Å². The minimum Gasteiger partial charge on any atom is -0.490 e. The van der Waals surface area contributed by atoms with Gasteiger partial charge < -0.3 is 19.9 Å². The second-order valence-corrected chi connectivity index (χ2v) is 5.20. The number of aromatic carboxylic acids is 1. The van der Waals surface area contributed by atoms with Crippen molar-refractivity contribution in [3.8, 4) is 11.5 Å². The average Bonchev–Trinajstić information content (AvgIpc) is 2.77. The Hall–Kier alpha value is -2.28. The lowest BCUT2D eigenvalue weighted by Crippen LogP contribution is -1.97. The Morgan fingerprint density at radius 3 is 2.85 bits per heavy atom. The highest BCUT2D eigenvalue weighted by Crippen LogP contribution is 2.33. The normalized spacial score (nSPS) is 13.6. The number of benzene rings is 1. The van der Waals surface area contributed by atoms with Gasteiger partial charge in [0.2, 0.25) is 0 Å². The molecule has 1 aromatic heterocycles. The molecule has 0 bridgehead atoms. The number of nitrogens with zero attached hydrogens (tertiary/aromatic N) is 1. The zero-order valence-corrected chi connectivity index (χ0v) is 11.3. The zero-order chi connectivity index (χ0) is 13.9. The molecule has 0 unspecified atom stereocenters. The Bertz CT molecular complexity index is 641. The summed E-state index contributed by atoms with van der Waals surface area (Å²) < 4.78 is 11.1. The fraction of sp³-hybridized carbons (Fsp3) is 0.231. The van der Waals surface area contributed by atoms with E-state index >= 15 is 0 Å². The Morgan fingerprint density at radius 2 is 2.10 bits per heavy atom. The van der Waals surface area contributed by atoms with E-state index in [9.17, 15) is 4.79 Å². The van der Waals surface area contributed by atoms with Gasteiger partial charge >= 0.3 is 5.97 Å². The third-order valence-electron chi connectivity index (χ3n) is 2.72. The van der Waals surface area contributed by atoms with Gasteiger partial charge in [-0.25, -0.2) is 9.78 Å². The van der Waals surface area contributed by atoms with Crippen molar-refractivity contribution in [3.63, 3.8) is 0 Å². The van der Waals surface area contributed by atoms with Crippen LogP contribution in [0.25, 0.3) is 0 Å². The lowest BCUT2D eigenvalue weighted by atomic mass is 10.3. The van der Waals surface area contributed by atoms with Crippen LogP contribution in [0.3, 0.4) is 0 Å². The Kier molecular flexibility index (Phi) is 3.42. The second kappa shape index (κ2) is 5.38. The van der Waals surface area contributed by atoms with Gasteiger partial charge in [-0.05, 0) is 12.1 Å². The highest BCUT2D eigenvalue weighted by Gasteiger charge is 2.12. The fourth-order valence-corrected chi connectivity index (χ4v) is 2.47. The van der Waals surface area contributed by atoms with Crippen molar-refractivity contribution in [1.82, 2.24) is 4.98 Å². The molecular formula is C13H12N2O4S. The van der Waals surface area contributed by atoms with Crippen molar-refractivity contribution >= 4 is 28.1 Å². The van der Waals surface area contributed by atoms with Crippen LogP contribution < -0.4 is 14.8 Å². The largest absolute Gasteiger partial charge is 0.490 e. The standard InChI is InChI=1S/C13H12N2O4S/c16-12(17)11-7-14-13(20-11)15-8-2-3-9-10(6-8)19-5-1-4-18-9/h2-3,6-7H,1,4-5H2,(H,14,15)(H,16,17). The molecule has 0 saturated carbocycles. The van der Waals surface area contributed by atoms with E-state index in [0.717, 1.165) is 29.2 Å². The maximum Gasteiger partial charge on any atom is 0.347 e. The van der Waals surface area contributed by atoms with Crippen molar-refractivity contribution in [3.05, 3.63) is 29.3 Å². The summed E-state index contributed by atoms with van der Waals surface area (Å²) in [5.41, 5.74) is 0.778. The van der Waals surface area contributed by atoms with Gasteiger partial charge in [0, 0.05) is 18.2 Å². The zero-order valence-electron chi connectivity index (χ0n) is 10.5. The van der Waals surface area contributed by atoms with Crippen molar-refractivity contribution in [2.24, 2.45) is 0 Å². The van der Waals surface area contributed by atoms with Gasteiger partial charge in [0.1, 0.15) is 4.88 Å². The third-order valence-corrected chi connectivity index (χ3v) is 3.62. The lowest BCUT2D eigenvalue weighted by Gasteiger charge is -2.09. The minimum atomic E-state index is -0.978. The Morgan fingerprint density at radius 1 is 1.30 bits per heavy atom. The first-order valence-electron chi connectivity index (χ1n) is 6.08. The molecule has 0 spiro atoms. The number of carbonyl (C=O) groups is 1. The van der Waals surface area contributed by atoms with Crippen molar-refractivity contribution in [2.75, 3.05) is 18.5 Å². The molecule has 20 heavy (non-hydrogen) atoms. The van der Waals surface area contributed by atoms with E-state index in [0.29, 0.717) is 24.1 Å². The van der Waals surface area contributed by atoms with Gasteiger partial charge in [-0.1, -0.05) is 11.3 Å². The lowest BCUT2D eigenvalue weighted by molar-refractivity contribution is 0.0702. The molecule has 2 N–H and O–H groups in total. The molecule has 0 amide bonds. The molecule has 0 aliphatic carbocycles. The summed E-state index contributed by atoms with van der Waals surface area (Å²) >= 11 is 1.08. The maximum absolute atomic E-state index is 10.8. The number of aromatic nitrogens is 1. The van der Waals surface area contributed by atoms with Crippen molar-refractivity contribution in [2.45, 2.75) is 6.42 Å². The fourth-order valence-electron chi connectivity index (χ4n) is 1.80. The molecule has 2 heterocycles. The number of carboxylic acid groups (broad SMARTS) is 1. The summed E-state index contributed by atoms with van der Waals surface area (Å²) in [6.45, 7) is 1.27. The van der Waals surface area contributed by atoms with Crippen molar-refractivity contribution < 1.29 is 19.4 Å². The van der Waals surface area contributed by atoms with Crippen LogP contribution >= 0.6 is 11.3 Å². The molecule has 2 aromatic rings. The molecule has 0 atom stereocenters. The average molecular weight is 292 g/mol. The number of rotatable bonds is 3. The predicted octanol–water partition coefficient (Wildman–Crippen LogP) is 2.75. The predicted molar refractivity (Wildman–Crippen MR) is 74.4 cm³/mol. The highest BCUT2D eigenvalue weighted by molar-refractivity contribution is 7.17. The van der Waals surface area contributed by atoms with E-state index in [4.69, 9.17) is 14.6 Å². The van der Waals surface area contributed by atoms with E-state index in [1.54, 1.807) is 0 Å². The van der Waals surface area contributed by atoms with Gasteiger partial charge in [-0.15, -0.1) is 0 Å². The molecule has 1 aliphatic rings. The second-order valence-electron chi connectivity index (χ2n) is 4.17. The van der Waals surface area contributed by atoms with Crippen LogP contribution in [0.15, 0.2) is 24.4 Å². The van der Waals surface area contributed by atoms with Gasteiger partial charge in [0.15, 0.2) is 16.6 Å². The van der Waals surface area contributed by atoms with Crippen LogP contribution in [0, 0.1) is 0 Å². The number of carboxylic acids is 1. The summed E-state index contributed by atoms with van der Waals surface area (Å²) in [7, 11) is 0.